The zero-order valence-corrected chi connectivity index (χ0v) is 34.4. The third kappa shape index (κ3) is 11.5. The molecule has 8 heterocycles. The molecule has 65 heavy (non-hydrogen) atoms. The maximum Gasteiger partial charge on any atom is 0.403 e. The molecular weight excluding hydrogens is 873 g/mol. The summed E-state index contributed by atoms with van der Waals surface area (Å²) in [5, 5.41) is 31.6. The number of anilines is 6. The first kappa shape index (κ1) is 47.8. The van der Waals surface area contributed by atoms with Crippen molar-refractivity contribution in [2.45, 2.75) is 62.6 Å². The van der Waals surface area contributed by atoms with Crippen LogP contribution in [0.25, 0.3) is 0 Å². The summed E-state index contributed by atoms with van der Waals surface area (Å²) in [6, 6.07) is 13.6. The summed E-state index contributed by atoms with van der Waals surface area (Å²) in [4.78, 5) is 73.5. The second-order valence-electron chi connectivity index (χ2n) is 15.2. The van der Waals surface area contributed by atoms with Crippen molar-refractivity contribution in [2.75, 3.05) is 69.6 Å². The fourth-order valence-electron chi connectivity index (χ4n) is 7.60. The number of rotatable bonds is 10. The molecule has 2 unspecified atom stereocenters. The number of pyridine rings is 4. The van der Waals surface area contributed by atoms with Gasteiger partial charge in [0, 0.05) is 58.2 Å². The van der Waals surface area contributed by atoms with E-state index in [9.17, 15) is 50.6 Å². The summed E-state index contributed by atoms with van der Waals surface area (Å²) < 4.78 is 73.8. The molecule has 4 atom stereocenters. The Bertz CT molecular complexity index is 2310. The van der Waals surface area contributed by atoms with Crippen molar-refractivity contribution in [3.8, 4) is 0 Å². The summed E-state index contributed by atoms with van der Waals surface area (Å²) in [7, 11) is 0. The number of hydrogen-bond acceptors (Lipinski definition) is 13. The number of alkyl halides is 6. The number of fused-ring (bicyclic) bond motifs is 8. The Kier molecular flexibility index (Phi) is 15.0. The lowest BCUT2D eigenvalue weighted by atomic mass is 9.97. The van der Waals surface area contributed by atoms with Crippen LogP contribution < -0.4 is 36.0 Å². The van der Waals surface area contributed by atoms with E-state index in [0.29, 0.717) is 42.7 Å². The van der Waals surface area contributed by atoms with Crippen LogP contribution in [0.5, 0.6) is 0 Å². The summed E-state index contributed by atoms with van der Waals surface area (Å²) in [6.07, 6.45) is -6.14. The van der Waals surface area contributed by atoms with E-state index in [0.717, 1.165) is 25.2 Å². The van der Waals surface area contributed by atoms with Crippen LogP contribution in [-0.2, 0) is 0 Å². The van der Waals surface area contributed by atoms with Gasteiger partial charge in [0.25, 0.3) is 0 Å². The first-order valence-electron chi connectivity index (χ1n) is 20.3. The molecule has 0 aliphatic carbocycles. The van der Waals surface area contributed by atoms with Crippen LogP contribution >= 0.6 is 0 Å². The van der Waals surface area contributed by atoms with E-state index in [1.54, 1.807) is 59.6 Å². The highest BCUT2D eigenvalue weighted by Gasteiger charge is 2.44. The average molecular weight is 918 g/mol. The molecule has 0 radical (unpaired) electrons. The van der Waals surface area contributed by atoms with Gasteiger partial charge in [0.05, 0.1) is 29.4 Å². The number of nitrogens with two attached hydrogens (primary N) is 1. The lowest BCUT2D eigenvalue weighted by Crippen LogP contribution is -2.48. The zero-order chi connectivity index (χ0) is 47.1. The van der Waals surface area contributed by atoms with Gasteiger partial charge in [-0.25, -0.2) is 34.3 Å². The molecular formula is C41H45F6N11O7. The zero-order valence-electron chi connectivity index (χ0n) is 34.4. The number of carbonyl (C=O) groups is 4. The number of urea groups is 2. The molecule has 0 saturated carbocycles. The standard InChI is InChI=1S/C21H22F3N5O3.C16H15N5O3.C4H8F3NO/c22-21(23,24)13(7-10-30)11-17(31)15-4-5-16-19(26-15)29(14-6-9-28(16)12-14)20(32)27-18-3-1-2-8-25-18;22-15(23)11-4-5-12-14(18-11)21(10-6-8-20(12)9-10)16(24)19-13-3-1-2-7-17-13;5-4(6,7)3(8)1-2-9/h1-5,8,13-14,30H,6-7,9-12H2,(H,25,27,32);1-5,7,10H,6,8-9H2,(H,22,23)(H,17,19,24);3,9H,1-2,8H2/t13?,14-;10-;/m00./s1. The molecule has 4 aliphatic rings. The molecule has 7 N–H and O–H groups in total. The molecule has 2 fully saturated rings. The first-order valence-corrected chi connectivity index (χ1v) is 20.3. The number of carboxylic acid groups (broad SMARTS) is 1. The van der Waals surface area contributed by atoms with E-state index in [-0.39, 0.29) is 35.3 Å². The van der Waals surface area contributed by atoms with Crippen LogP contribution in [0.4, 0.5) is 70.6 Å². The van der Waals surface area contributed by atoms with Gasteiger partial charge < -0.3 is 30.9 Å². The Morgan fingerprint density at radius 1 is 0.692 bits per heavy atom. The van der Waals surface area contributed by atoms with Gasteiger partial charge in [0.15, 0.2) is 23.1 Å². The number of halogens is 6. The van der Waals surface area contributed by atoms with Crippen molar-refractivity contribution in [1.82, 2.24) is 19.9 Å². The minimum Gasteiger partial charge on any atom is -0.477 e. The van der Waals surface area contributed by atoms with E-state index in [4.69, 9.17) is 10.2 Å². The van der Waals surface area contributed by atoms with Gasteiger partial charge in [0.1, 0.15) is 23.4 Å². The van der Waals surface area contributed by atoms with Crippen molar-refractivity contribution in [3.63, 3.8) is 0 Å². The van der Waals surface area contributed by atoms with E-state index < -0.39 is 74.6 Å². The molecule has 24 heteroatoms. The molecule has 4 amide bonds. The number of ketones is 1. The molecule has 4 aliphatic heterocycles. The van der Waals surface area contributed by atoms with Gasteiger partial charge in [-0.05, 0) is 74.2 Å². The van der Waals surface area contributed by atoms with E-state index in [1.807, 2.05) is 4.90 Å². The topological polar surface area (TPSA) is 244 Å². The molecule has 4 aromatic heterocycles. The largest absolute Gasteiger partial charge is 0.477 e. The minimum absolute atomic E-state index is 0.0299. The predicted molar refractivity (Wildman–Crippen MR) is 224 cm³/mol. The summed E-state index contributed by atoms with van der Waals surface area (Å²) in [5.74, 6) is -2.44. The van der Waals surface area contributed by atoms with Gasteiger partial charge in [-0.1, -0.05) is 12.1 Å². The lowest BCUT2D eigenvalue weighted by molar-refractivity contribution is -0.177. The highest BCUT2D eigenvalue weighted by atomic mass is 19.4. The summed E-state index contributed by atoms with van der Waals surface area (Å²) in [6.45, 7) is 1.64. The van der Waals surface area contributed by atoms with Gasteiger partial charge in [-0.3, -0.25) is 25.2 Å². The predicted octanol–water partition coefficient (Wildman–Crippen LogP) is 5.31. The van der Waals surface area contributed by atoms with Crippen LogP contribution in [0.15, 0.2) is 73.1 Å². The van der Waals surface area contributed by atoms with E-state index in [2.05, 4.69) is 41.2 Å². The number of nitrogens with one attached hydrogen (secondary N) is 2. The third-order valence-electron chi connectivity index (χ3n) is 10.9. The number of Topliss-reactive ketones (excluding diaryl/α,β-unsaturated/α-hetero) is 1. The second-order valence-corrected chi connectivity index (χ2v) is 15.2. The number of hydrogen-bond donors (Lipinski definition) is 6. The SMILES string of the molecule is NC(CCO)C(F)(F)F.O=C(CC(CCO)C(F)(F)F)c1ccc2c(n1)N(C(=O)Nc1ccccn1)[C@H]1CCN2C1.O=C(O)c1ccc2c(n1)N(C(=O)Nc1ccccn1)[C@H]1CCN2C1. The maximum absolute atomic E-state index is 13.2. The van der Waals surface area contributed by atoms with Crippen LogP contribution in [0.1, 0.15) is 53.1 Å². The van der Waals surface area contributed by atoms with Crippen LogP contribution in [0, 0.1) is 5.92 Å². The number of carbonyl (C=O) groups excluding carboxylic acids is 3. The van der Waals surface area contributed by atoms with Crippen LogP contribution in [0.3, 0.4) is 0 Å². The van der Waals surface area contributed by atoms with Crippen LogP contribution in [0.2, 0.25) is 0 Å². The van der Waals surface area contributed by atoms with Crippen molar-refractivity contribution >= 4 is 58.5 Å². The Morgan fingerprint density at radius 2 is 1.17 bits per heavy atom. The third-order valence-corrected chi connectivity index (χ3v) is 10.9. The molecule has 4 bridgehead atoms. The second kappa shape index (κ2) is 20.5. The number of aliphatic hydroxyl groups is 2. The van der Waals surface area contributed by atoms with Gasteiger partial charge >= 0.3 is 30.4 Å². The number of aliphatic hydroxyl groups excluding tert-OH is 2. The van der Waals surface area contributed by atoms with Crippen molar-refractivity contribution in [3.05, 3.63) is 84.4 Å². The van der Waals surface area contributed by atoms with Gasteiger partial charge in [0.2, 0.25) is 0 Å². The molecule has 2 saturated heterocycles. The first-order chi connectivity index (χ1) is 30.9. The molecule has 8 rings (SSSR count). The lowest BCUT2D eigenvalue weighted by Gasteiger charge is -2.35. The number of aromatic nitrogens is 4. The highest BCUT2D eigenvalue weighted by Crippen LogP contribution is 2.41. The van der Waals surface area contributed by atoms with E-state index in [1.165, 1.54) is 23.2 Å². The summed E-state index contributed by atoms with van der Waals surface area (Å²) >= 11 is 0. The van der Waals surface area contributed by atoms with Crippen molar-refractivity contribution in [2.24, 2.45) is 11.7 Å². The molecule has 0 spiro atoms. The Balaban J connectivity index is 0.000000186. The summed E-state index contributed by atoms with van der Waals surface area (Å²) in [5.41, 5.74) is 5.78. The Labute approximate surface area is 367 Å². The molecule has 348 valence electrons. The Hall–Kier alpha value is -6.66. The van der Waals surface area contributed by atoms with Gasteiger partial charge in [-0.15, -0.1) is 0 Å². The van der Waals surface area contributed by atoms with E-state index >= 15 is 0 Å². The normalized spacial score (nSPS) is 17.9. The maximum atomic E-state index is 13.2. The van der Waals surface area contributed by atoms with Gasteiger partial charge in [-0.2, -0.15) is 26.3 Å². The molecule has 18 nitrogen and oxygen atoms in total. The number of carboxylic acids is 1. The molecule has 4 aromatic rings. The fourth-order valence-corrected chi connectivity index (χ4v) is 7.60. The average Bonchev–Trinajstić information content (AvgIpc) is 3.89. The smallest absolute Gasteiger partial charge is 0.403 e. The van der Waals surface area contributed by atoms with Crippen LogP contribution in [-0.4, -0.2) is 129 Å². The number of aromatic carboxylic acids is 1. The quantitative estimate of drug-likeness (QED) is 0.0874. The highest BCUT2D eigenvalue weighted by molar-refractivity contribution is 6.06. The minimum atomic E-state index is -4.61. The van der Waals surface area contributed by atoms with Crippen molar-refractivity contribution < 1.29 is 60.8 Å². The number of nitrogens with zero attached hydrogens (tertiary/aromatic N) is 8. The number of amides is 4. The van der Waals surface area contributed by atoms with Crippen molar-refractivity contribution in [1.29, 1.82) is 0 Å². The Morgan fingerprint density at radius 3 is 1.57 bits per heavy atom. The monoisotopic (exact) mass is 917 g/mol. The molecule has 0 aromatic carbocycles. The fraction of sp³-hybridized carbons (Fsp3) is 0.415.